The number of fused-ring (bicyclic) bond motifs is 11. The van der Waals surface area contributed by atoms with E-state index in [4.69, 9.17) is 28.4 Å². The van der Waals surface area contributed by atoms with Crippen LogP contribution in [0.5, 0.6) is 0 Å². The molecule has 0 N–H and O–H groups in total. The van der Waals surface area contributed by atoms with Crippen molar-refractivity contribution in [2.24, 2.45) is 92.7 Å². The van der Waals surface area contributed by atoms with Gasteiger partial charge in [0.25, 0.3) is 0 Å². The fraction of sp³-hybridized carbons (Fsp3) is 0.725. The summed E-state index contributed by atoms with van der Waals surface area (Å²) in [5, 5.41) is 17.6. The molecule has 510 valence electrons. The Morgan fingerprint density at radius 3 is 1.34 bits per heavy atom. The SMILES string of the molecule is CC(C)CCC[C@@H](C)[C@H]1CC[C@H]2[C@@H]3CC=C4CC(OC(=O)c5ccc(-n6cc(CO[C@H]7CO[C@H]8[C@@H]7OC[C@H]8OCc7cn(-c8ccc(C(=O)OC9CC[C@@]%10(C)C(=CC[C@H]%11[C@@H]%12CC[C@H]([C@H](C)CCCC(C)C)[C@@]%12(C)CC[C@@H]%11%10)C9)cc8)nn7)nn6)cc5)CC[C@]4(C)[C@H]3CC[C@]12C. The Morgan fingerprint density at radius 2 is 0.936 bits per heavy atom. The van der Waals surface area contributed by atoms with Gasteiger partial charge in [-0.05, 0) is 231 Å². The van der Waals surface area contributed by atoms with Crippen LogP contribution in [0, 0.1) is 92.7 Å². The highest BCUT2D eigenvalue weighted by Crippen LogP contribution is 2.69. The predicted molar refractivity (Wildman–Crippen MR) is 364 cm³/mol. The van der Waals surface area contributed by atoms with Crippen molar-refractivity contribution in [2.45, 2.75) is 260 Å². The van der Waals surface area contributed by atoms with Crippen molar-refractivity contribution in [3.63, 3.8) is 0 Å². The second-order valence-corrected chi connectivity index (χ2v) is 33.8. The van der Waals surface area contributed by atoms with Gasteiger partial charge in [-0.2, -0.15) is 0 Å². The first-order valence-electron chi connectivity index (χ1n) is 37.6. The molecule has 10 aliphatic rings. The van der Waals surface area contributed by atoms with Crippen molar-refractivity contribution in [1.29, 1.82) is 0 Å². The third-order valence-electron chi connectivity index (χ3n) is 27.7. The molecule has 0 spiro atoms. The van der Waals surface area contributed by atoms with Crippen LogP contribution in [-0.4, -0.2) is 91.8 Å². The number of aromatic nitrogens is 6. The summed E-state index contributed by atoms with van der Waals surface area (Å²) in [6, 6.07) is 14.9. The molecule has 0 amide bonds. The van der Waals surface area contributed by atoms with E-state index >= 15 is 0 Å². The highest BCUT2D eigenvalue weighted by Gasteiger charge is 2.61. The largest absolute Gasteiger partial charge is 0.458 e. The van der Waals surface area contributed by atoms with E-state index in [1.54, 1.807) is 20.5 Å². The molecule has 8 fully saturated rings. The Hall–Kier alpha value is -5.02. The lowest BCUT2D eigenvalue weighted by molar-refractivity contribution is -0.0594. The van der Waals surface area contributed by atoms with E-state index in [1.807, 2.05) is 60.9 Å². The molecule has 14 rings (SSSR count). The average Bonchev–Trinajstić information content (AvgIpc) is 1.31. The monoisotopic (exact) mass is 1280 g/mol. The lowest BCUT2D eigenvalue weighted by atomic mass is 9.47. The van der Waals surface area contributed by atoms with Crippen molar-refractivity contribution in [2.75, 3.05) is 13.2 Å². The van der Waals surface area contributed by atoms with Gasteiger partial charge < -0.3 is 28.4 Å². The van der Waals surface area contributed by atoms with Crippen molar-refractivity contribution < 1.29 is 38.0 Å². The van der Waals surface area contributed by atoms with Crippen LogP contribution in [0.3, 0.4) is 0 Å². The second kappa shape index (κ2) is 27.0. The van der Waals surface area contributed by atoms with Gasteiger partial charge in [-0.3, -0.25) is 0 Å². The summed E-state index contributed by atoms with van der Waals surface area (Å²) >= 11 is 0. The molecule has 20 atom stereocenters. The van der Waals surface area contributed by atoms with Gasteiger partial charge in [-0.25, -0.2) is 19.0 Å². The number of ether oxygens (including phenoxy) is 6. The van der Waals surface area contributed by atoms with Gasteiger partial charge in [0.2, 0.25) is 0 Å². The maximum atomic E-state index is 13.7. The first kappa shape index (κ1) is 66.2. The smallest absolute Gasteiger partial charge is 0.338 e. The van der Waals surface area contributed by atoms with Crippen LogP contribution < -0.4 is 0 Å². The van der Waals surface area contributed by atoms with Crippen LogP contribution in [0.15, 0.2) is 84.2 Å². The Labute approximate surface area is 561 Å². The number of rotatable bonds is 22. The molecule has 0 radical (unpaired) electrons. The molecule has 6 saturated carbocycles. The standard InChI is InChI=1S/C80H112N6O8/c1-49(2)13-11-15-51(5)65-29-31-67-63-27-21-55-41-61(33-37-77(55,7)69(63)35-39-79(65,67)9)93-75(87)53-17-23-59(24-18-53)85-43-57(81-83-85)45-89-71-47-91-74-72(48-92-73(71)74)90-46-58-44-86(84-82-58)60-25-19-54(20-26-60)76(88)94-62-34-38-78(8)56(42-62)22-28-64-68-32-30-66(52(6)16-12-14-50(3)4)80(68,10)40-36-70(64)78/h17-26,43-44,49-52,61-74H,11-16,27-42,45-48H2,1-10H3/t51-,52-,61?,62?,63+,64+,65-,66-,67+,68+,69+,70+,71-,72+,73-,74-,77+,78+,79-,80-/m1/s1. The molecule has 2 aliphatic heterocycles. The zero-order chi connectivity index (χ0) is 65.3. The summed E-state index contributed by atoms with van der Waals surface area (Å²) in [7, 11) is 0. The minimum absolute atomic E-state index is 0.0995. The molecular weight excluding hydrogens is 1170 g/mol. The summed E-state index contributed by atoms with van der Waals surface area (Å²) in [4.78, 5) is 27.3. The maximum Gasteiger partial charge on any atom is 0.338 e. The maximum absolute atomic E-state index is 13.7. The summed E-state index contributed by atoms with van der Waals surface area (Å²) in [5.74, 6) is 9.15. The molecule has 4 aromatic rings. The highest BCUT2D eigenvalue weighted by molar-refractivity contribution is 5.90. The fourth-order valence-electron chi connectivity index (χ4n) is 22.5. The number of carbonyl (C=O) groups is 2. The molecular formula is C80H112N6O8. The third-order valence-corrected chi connectivity index (χ3v) is 27.7. The minimum atomic E-state index is -0.297. The Balaban J connectivity index is 0.502. The Bertz CT molecular complexity index is 3150. The number of carbonyl (C=O) groups excluding carboxylic acids is 2. The number of benzene rings is 2. The van der Waals surface area contributed by atoms with Gasteiger partial charge in [0.05, 0.1) is 61.3 Å². The molecule has 4 heterocycles. The van der Waals surface area contributed by atoms with E-state index in [0.29, 0.717) is 46.6 Å². The van der Waals surface area contributed by atoms with Gasteiger partial charge in [0.1, 0.15) is 48.0 Å². The van der Waals surface area contributed by atoms with E-state index in [0.717, 1.165) is 121 Å². The Morgan fingerprint density at radius 1 is 0.521 bits per heavy atom. The van der Waals surface area contributed by atoms with Crippen LogP contribution in [0.4, 0.5) is 0 Å². The molecule has 2 unspecified atom stereocenters. The lowest BCUT2D eigenvalue weighted by Gasteiger charge is -2.58. The van der Waals surface area contributed by atoms with Crippen LogP contribution in [0.25, 0.3) is 11.4 Å². The second-order valence-electron chi connectivity index (χ2n) is 33.8. The van der Waals surface area contributed by atoms with Crippen LogP contribution in [-0.2, 0) is 41.6 Å². The summed E-state index contributed by atoms with van der Waals surface area (Å²) in [6.45, 7) is 26.3. The van der Waals surface area contributed by atoms with Gasteiger partial charge >= 0.3 is 11.9 Å². The average molecular weight is 1290 g/mol. The van der Waals surface area contributed by atoms with Crippen LogP contribution in [0.2, 0.25) is 0 Å². The zero-order valence-corrected chi connectivity index (χ0v) is 58.7. The zero-order valence-electron chi connectivity index (χ0n) is 58.7. The molecule has 2 aromatic heterocycles. The Kier molecular flexibility index (Phi) is 19.0. The van der Waals surface area contributed by atoms with E-state index in [2.05, 4.69) is 102 Å². The number of nitrogens with zero attached hydrogens (tertiary/aromatic N) is 6. The van der Waals surface area contributed by atoms with E-state index in [-0.39, 0.29) is 72.6 Å². The van der Waals surface area contributed by atoms with Crippen LogP contribution >= 0.6 is 0 Å². The summed E-state index contributed by atoms with van der Waals surface area (Å²) in [6.07, 6.45) is 34.9. The quantitative estimate of drug-likeness (QED) is 0.0544. The fourth-order valence-corrected chi connectivity index (χ4v) is 22.5. The first-order chi connectivity index (χ1) is 45.3. The molecule has 0 bridgehead atoms. The third kappa shape index (κ3) is 12.7. The topological polar surface area (TPSA) is 151 Å². The number of allylic oxidation sites excluding steroid dienone is 2. The van der Waals surface area contributed by atoms with Crippen LogP contribution in [0.1, 0.15) is 243 Å². The first-order valence-corrected chi connectivity index (χ1v) is 37.6. The number of hydrogen-bond donors (Lipinski definition) is 0. The number of esters is 2. The minimum Gasteiger partial charge on any atom is -0.458 e. The number of hydrogen-bond acceptors (Lipinski definition) is 12. The van der Waals surface area contributed by atoms with Crippen molar-refractivity contribution in [3.05, 3.63) is 107 Å². The van der Waals surface area contributed by atoms with Crippen molar-refractivity contribution >= 4 is 11.9 Å². The van der Waals surface area contributed by atoms with Gasteiger partial charge in [0.15, 0.2) is 0 Å². The molecule has 94 heavy (non-hydrogen) atoms. The van der Waals surface area contributed by atoms with E-state index < -0.39 is 0 Å². The van der Waals surface area contributed by atoms with Crippen molar-refractivity contribution in [3.8, 4) is 11.4 Å². The molecule has 8 aliphatic carbocycles. The summed E-state index contributed by atoms with van der Waals surface area (Å²) in [5.41, 5.74) is 8.46. The van der Waals surface area contributed by atoms with Gasteiger partial charge in [-0.1, -0.05) is 141 Å². The van der Waals surface area contributed by atoms with E-state index in [9.17, 15) is 9.59 Å². The molecule has 14 nitrogen and oxygen atoms in total. The summed E-state index contributed by atoms with van der Waals surface area (Å²) < 4.78 is 41.1. The molecule has 2 saturated heterocycles. The van der Waals surface area contributed by atoms with Crippen molar-refractivity contribution in [1.82, 2.24) is 30.0 Å². The lowest BCUT2D eigenvalue weighted by Crippen LogP contribution is -2.51. The van der Waals surface area contributed by atoms with E-state index in [1.165, 1.54) is 103 Å². The molecule has 14 heteroatoms. The normalized spacial score (nSPS) is 37.1. The van der Waals surface area contributed by atoms with Gasteiger partial charge in [-0.15, -0.1) is 10.2 Å². The predicted octanol–water partition coefficient (Wildman–Crippen LogP) is 17.2. The molecule has 2 aromatic carbocycles. The van der Waals surface area contributed by atoms with Gasteiger partial charge in [0, 0.05) is 12.8 Å². The highest BCUT2D eigenvalue weighted by atomic mass is 16.6.